The maximum Gasteiger partial charge on any atom is 0.230 e. The van der Waals surface area contributed by atoms with Crippen LogP contribution in [0.3, 0.4) is 0 Å². The van der Waals surface area contributed by atoms with E-state index < -0.39 is 0 Å². The number of carbonyl (C=O) groups is 1. The lowest BCUT2D eigenvalue weighted by Gasteiger charge is -2.12. The lowest BCUT2D eigenvalue weighted by Crippen LogP contribution is -2.24. The van der Waals surface area contributed by atoms with Gasteiger partial charge in [0.05, 0.1) is 12.3 Å². The molecule has 29 heavy (non-hydrogen) atoms. The molecule has 1 aromatic carbocycles. The topological polar surface area (TPSA) is 69.0 Å². The number of amides is 1. The van der Waals surface area contributed by atoms with E-state index >= 15 is 0 Å². The average Bonchev–Trinajstić information content (AvgIpc) is 3.38. The van der Waals surface area contributed by atoms with E-state index in [2.05, 4.69) is 33.9 Å². The van der Waals surface area contributed by atoms with Crippen LogP contribution < -0.4 is 10.1 Å². The largest absolute Gasteiger partial charge is 0.486 e. The summed E-state index contributed by atoms with van der Waals surface area (Å²) in [6.45, 7) is 6.09. The number of hydrogen-bond acceptors (Lipinski definition) is 6. The molecule has 0 aliphatic rings. The number of carbonyl (C=O) groups excluding carboxylic acids is 1. The number of aromatic nitrogens is 3. The summed E-state index contributed by atoms with van der Waals surface area (Å²) in [5.41, 5.74) is 0. The summed E-state index contributed by atoms with van der Waals surface area (Å²) >= 11 is 3.05. The molecule has 0 spiro atoms. The molecule has 6 nitrogen and oxygen atoms in total. The first-order chi connectivity index (χ1) is 14.1. The Kier molecular flexibility index (Phi) is 8.13. The van der Waals surface area contributed by atoms with Crippen molar-refractivity contribution in [2.45, 2.75) is 45.1 Å². The van der Waals surface area contributed by atoms with Gasteiger partial charge in [-0.2, -0.15) is 0 Å². The van der Waals surface area contributed by atoms with E-state index in [0.717, 1.165) is 34.6 Å². The van der Waals surface area contributed by atoms with Crippen molar-refractivity contribution < 1.29 is 9.53 Å². The van der Waals surface area contributed by atoms with Gasteiger partial charge in [-0.3, -0.25) is 4.79 Å². The van der Waals surface area contributed by atoms with Gasteiger partial charge in [0, 0.05) is 11.4 Å². The fraction of sp³-hybridized carbons (Fsp3) is 0.381. The summed E-state index contributed by atoms with van der Waals surface area (Å²) < 4.78 is 7.92. The molecule has 2 heterocycles. The second-order valence-corrected chi connectivity index (χ2v) is 8.95. The molecule has 1 amide bonds. The van der Waals surface area contributed by atoms with Gasteiger partial charge in [0.1, 0.15) is 12.4 Å². The van der Waals surface area contributed by atoms with Crippen molar-refractivity contribution >= 4 is 29.0 Å². The number of rotatable bonds is 11. The van der Waals surface area contributed by atoms with Crippen molar-refractivity contribution in [1.82, 2.24) is 20.1 Å². The molecule has 2 aromatic heterocycles. The number of thioether (sulfide) groups is 1. The Balaban J connectivity index is 1.58. The molecule has 0 fully saturated rings. The zero-order chi connectivity index (χ0) is 20.5. The van der Waals surface area contributed by atoms with Gasteiger partial charge >= 0.3 is 0 Å². The molecule has 3 aromatic rings. The van der Waals surface area contributed by atoms with Crippen molar-refractivity contribution in [3.63, 3.8) is 0 Å². The summed E-state index contributed by atoms with van der Waals surface area (Å²) in [5.74, 6) is 2.44. The number of ether oxygens (including phenoxy) is 1. The van der Waals surface area contributed by atoms with Crippen molar-refractivity contribution in [2.75, 3.05) is 5.75 Å². The second-order valence-electron chi connectivity index (χ2n) is 6.98. The van der Waals surface area contributed by atoms with Crippen molar-refractivity contribution in [1.29, 1.82) is 0 Å². The van der Waals surface area contributed by atoms with E-state index in [9.17, 15) is 4.79 Å². The zero-order valence-electron chi connectivity index (χ0n) is 16.7. The molecule has 0 radical (unpaired) electrons. The van der Waals surface area contributed by atoms with Gasteiger partial charge in [-0.25, -0.2) is 0 Å². The van der Waals surface area contributed by atoms with Crippen LogP contribution in [0.25, 0.3) is 0 Å². The van der Waals surface area contributed by atoms with Crippen LogP contribution in [0.2, 0.25) is 0 Å². The highest BCUT2D eigenvalue weighted by molar-refractivity contribution is 7.99. The van der Waals surface area contributed by atoms with Gasteiger partial charge in [0.15, 0.2) is 11.0 Å². The van der Waals surface area contributed by atoms with Gasteiger partial charge in [0.2, 0.25) is 5.91 Å². The molecule has 154 valence electrons. The lowest BCUT2D eigenvalue weighted by atomic mass is 10.1. The molecule has 8 heteroatoms. The quantitative estimate of drug-likeness (QED) is 0.458. The van der Waals surface area contributed by atoms with Crippen LogP contribution in [0.4, 0.5) is 0 Å². The molecule has 1 N–H and O–H groups in total. The van der Waals surface area contributed by atoms with E-state index in [-0.39, 0.29) is 5.91 Å². The van der Waals surface area contributed by atoms with Crippen LogP contribution in [-0.2, 0) is 24.5 Å². The van der Waals surface area contributed by atoms with Crippen LogP contribution in [0.5, 0.6) is 5.75 Å². The van der Waals surface area contributed by atoms with Gasteiger partial charge in [-0.1, -0.05) is 49.9 Å². The first-order valence-electron chi connectivity index (χ1n) is 9.63. The van der Waals surface area contributed by atoms with Crippen LogP contribution >= 0.6 is 23.1 Å². The number of nitrogens with zero attached hydrogens (tertiary/aromatic N) is 3. The van der Waals surface area contributed by atoms with E-state index in [0.29, 0.717) is 24.8 Å². The standard InChI is InChI=1S/C21H26N4O2S2/c1-16(2)10-11-25-19(14-27-17-7-4-3-5-8-17)23-24-21(25)29-15-20(26)22-13-18-9-6-12-28-18/h3-9,12,16H,10-11,13-15H2,1-2H3,(H,22,26). The molecule has 0 aliphatic heterocycles. The highest BCUT2D eigenvalue weighted by atomic mass is 32.2. The molecule has 0 atom stereocenters. The molecule has 3 rings (SSSR count). The average molecular weight is 431 g/mol. The third-order valence-corrected chi connectivity index (χ3v) is 6.05. The lowest BCUT2D eigenvalue weighted by molar-refractivity contribution is -0.118. The Bertz CT molecular complexity index is 879. The van der Waals surface area contributed by atoms with Crippen molar-refractivity contribution in [3.8, 4) is 5.75 Å². The minimum Gasteiger partial charge on any atom is -0.486 e. The number of benzene rings is 1. The van der Waals surface area contributed by atoms with Crippen LogP contribution in [0.15, 0.2) is 53.0 Å². The van der Waals surface area contributed by atoms with Crippen LogP contribution in [0.1, 0.15) is 31.0 Å². The summed E-state index contributed by atoms with van der Waals surface area (Å²) in [5, 5.41) is 14.3. The minimum absolute atomic E-state index is 0.0103. The van der Waals surface area contributed by atoms with Crippen LogP contribution in [0, 0.1) is 5.92 Å². The number of nitrogens with one attached hydrogen (secondary N) is 1. The first kappa shape index (κ1) is 21.4. The highest BCUT2D eigenvalue weighted by Gasteiger charge is 2.15. The van der Waals surface area contributed by atoms with E-state index in [1.54, 1.807) is 11.3 Å². The highest BCUT2D eigenvalue weighted by Crippen LogP contribution is 2.20. The third kappa shape index (κ3) is 6.90. The molecule has 0 bridgehead atoms. The summed E-state index contributed by atoms with van der Waals surface area (Å²) in [4.78, 5) is 13.3. The van der Waals surface area contributed by atoms with Gasteiger partial charge < -0.3 is 14.6 Å². The summed E-state index contributed by atoms with van der Waals surface area (Å²) in [6.07, 6.45) is 1.01. The number of para-hydroxylation sites is 1. The normalized spacial score (nSPS) is 11.0. The third-order valence-electron chi connectivity index (χ3n) is 4.21. The molecule has 0 unspecified atom stereocenters. The van der Waals surface area contributed by atoms with Crippen molar-refractivity contribution in [2.24, 2.45) is 5.92 Å². The van der Waals surface area contributed by atoms with E-state index in [1.807, 2.05) is 47.8 Å². The summed E-state index contributed by atoms with van der Waals surface area (Å²) in [7, 11) is 0. The van der Waals surface area contributed by atoms with Crippen molar-refractivity contribution in [3.05, 3.63) is 58.5 Å². The smallest absolute Gasteiger partial charge is 0.230 e. The van der Waals surface area contributed by atoms with E-state index in [1.165, 1.54) is 11.8 Å². The molecular weight excluding hydrogens is 404 g/mol. The second kappa shape index (κ2) is 11.0. The Morgan fingerprint density at radius 1 is 1.21 bits per heavy atom. The maximum atomic E-state index is 12.2. The Hall–Kier alpha value is -2.32. The Labute approximate surface area is 179 Å². The monoisotopic (exact) mass is 430 g/mol. The predicted molar refractivity (Wildman–Crippen MR) is 117 cm³/mol. The van der Waals surface area contributed by atoms with Crippen LogP contribution in [-0.4, -0.2) is 26.4 Å². The fourth-order valence-electron chi connectivity index (χ4n) is 2.59. The Morgan fingerprint density at radius 3 is 2.76 bits per heavy atom. The van der Waals surface area contributed by atoms with Gasteiger partial charge in [0.25, 0.3) is 0 Å². The summed E-state index contributed by atoms with van der Waals surface area (Å²) in [6, 6.07) is 13.7. The molecule has 0 saturated carbocycles. The molecular formula is C21H26N4O2S2. The Morgan fingerprint density at radius 2 is 2.03 bits per heavy atom. The van der Waals surface area contributed by atoms with Gasteiger partial charge in [-0.05, 0) is 35.9 Å². The number of hydrogen-bond donors (Lipinski definition) is 1. The molecule has 0 saturated heterocycles. The maximum absolute atomic E-state index is 12.2. The van der Waals surface area contributed by atoms with Gasteiger partial charge in [-0.15, -0.1) is 21.5 Å². The SMILES string of the molecule is CC(C)CCn1c(COc2ccccc2)nnc1SCC(=O)NCc1cccs1. The fourth-order valence-corrected chi connectivity index (χ4v) is 4.05. The predicted octanol–water partition coefficient (Wildman–Crippen LogP) is 4.37. The number of thiophene rings is 1. The minimum atomic E-state index is -0.0103. The molecule has 0 aliphatic carbocycles. The first-order valence-corrected chi connectivity index (χ1v) is 11.5. The zero-order valence-corrected chi connectivity index (χ0v) is 18.3. The van der Waals surface area contributed by atoms with E-state index in [4.69, 9.17) is 4.74 Å².